The van der Waals surface area contributed by atoms with E-state index in [1.807, 2.05) is 0 Å². The summed E-state index contributed by atoms with van der Waals surface area (Å²) in [4.78, 5) is 0. The van der Waals surface area contributed by atoms with Gasteiger partial charge >= 0.3 is 0 Å². The van der Waals surface area contributed by atoms with Gasteiger partial charge in [0.15, 0.2) is 0 Å². The van der Waals surface area contributed by atoms with Crippen molar-refractivity contribution < 1.29 is 0 Å². The zero-order valence-corrected chi connectivity index (χ0v) is 3.70. The number of hydrogen-bond acceptors (Lipinski definition) is 0. The normalized spacial score (nSPS) is 25.6. The van der Waals surface area contributed by atoms with Crippen molar-refractivity contribution in [2.24, 2.45) is 0 Å². The molecule has 0 heterocycles. The molecule has 0 spiro atoms. The van der Waals surface area contributed by atoms with Crippen molar-refractivity contribution in [1.29, 1.82) is 0 Å². The van der Waals surface area contributed by atoms with Crippen molar-refractivity contribution in [2.75, 3.05) is 0 Å². The molecule has 1 heteroatoms. The first-order valence-electron chi connectivity index (χ1n) is 2.39. The van der Waals surface area contributed by atoms with E-state index in [1.165, 1.54) is 19.3 Å². The van der Waals surface area contributed by atoms with Gasteiger partial charge in [0.2, 0.25) is 0 Å². The Morgan fingerprint density at radius 3 is 1.80 bits per heavy atom. The minimum absolute atomic E-state index is 1.06. The second kappa shape index (κ2) is 1.04. The summed E-state index contributed by atoms with van der Waals surface area (Å²) in [6.07, 6.45) is 4.46. The molecule has 0 amide bonds. The van der Waals surface area contributed by atoms with Gasteiger partial charge in [0.1, 0.15) is 7.85 Å². The van der Waals surface area contributed by atoms with Crippen LogP contribution in [0.15, 0.2) is 0 Å². The van der Waals surface area contributed by atoms with Gasteiger partial charge in [-0.15, -0.1) is 0 Å². The molecule has 1 saturated carbocycles. The van der Waals surface area contributed by atoms with Crippen LogP contribution >= 0.6 is 0 Å². The highest BCUT2D eigenvalue weighted by molar-refractivity contribution is 6.12. The minimum atomic E-state index is 1.06. The van der Waals surface area contributed by atoms with Crippen LogP contribution in [0, 0.1) is 0 Å². The third-order valence-corrected chi connectivity index (χ3v) is 1.39. The Morgan fingerprint density at radius 2 is 1.80 bits per heavy atom. The molecule has 0 atom stereocenters. The summed E-state index contributed by atoms with van der Waals surface area (Å²) in [5.41, 5.74) is 0. The summed E-state index contributed by atoms with van der Waals surface area (Å²) in [7, 11) is 2.31. The first-order chi connectivity index (χ1) is 2.39. The van der Waals surface area contributed by atoms with Gasteiger partial charge in [0.05, 0.1) is 0 Å². The van der Waals surface area contributed by atoms with Crippen LogP contribution in [0.1, 0.15) is 19.3 Å². The van der Waals surface area contributed by atoms with Gasteiger partial charge < -0.3 is 0 Å². The standard InChI is InChI=1S/C4H9B/c5-4-2-1-3-4/h4H,1-3,5H2. The van der Waals surface area contributed by atoms with Gasteiger partial charge in [-0.2, -0.15) is 0 Å². The summed E-state index contributed by atoms with van der Waals surface area (Å²) in [5.74, 6) is 1.06. The second-order valence-electron chi connectivity index (χ2n) is 2.04. The molecule has 5 heavy (non-hydrogen) atoms. The van der Waals surface area contributed by atoms with Crippen molar-refractivity contribution in [1.82, 2.24) is 0 Å². The minimum Gasteiger partial charge on any atom is -0.0697 e. The van der Waals surface area contributed by atoms with Crippen LogP contribution in [0.3, 0.4) is 0 Å². The zero-order valence-electron chi connectivity index (χ0n) is 3.70. The molecular formula is C4H9B. The molecule has 0 aliphatic heterocycles. The fourth-order valence-electron chi connectivity index (χ4n) is 0.612. The van der Waals surface area contributed by atoms with E-state index < -0.39 is 0 Å². The van der Waals surface area contributed by atoms with E-state index in [2.05, 4.69) is 7.85 Å². The van der Waals surface area contributed by atoms with Crippen molar-refractivity contribution >= 4 is 7.85 Å². The molecule has 0 saturated heterocycles. The molecule has 28 valence electrons. The smallest absolute Gasteiger partial charge is 0.0697 e. The maximum atomic E-state index is 2.31. The summed E-state index contributed by atoms with van der Waals surface area (Å²) < 4.78 is 0. The van der Waals surface area contributed by atoms with Gasteiger partial charge in [-0.1, -0.05) is 25.1 Å². The van der Waals surface area contributed by atoms with Gasteiger partial charge in [-0.3, -0.25) is 0 Å². The monoisotopic (exact) mass is 68.1 g/mol. The fourth-order valence-corrected chi connectivity index (χ4v) is 0.612. The highest BCUT2D eigenvalue weighted by Gasteiger charge is 2.09. The van der Waals surface area contributed by atoms with Gasteiger partial charge in [-0.05, 0) is 0 Å². The predicted octanol–water partition coefficient (Wildman–Crippen LogP) is 0.592. The van der Waals surface area contributed by atoms with Gasteiger partial charge in [-0.25, -0.2) is 0 Å². The molecule has 1 rings (SSSR count). The van der Waals surface area contributed by atoms with Gasteiger partial charge in [0.25, 0.3) is 0 Å². The zero-order chi connectivity index (χ0) is 3.70. The van der Waals surface area contributed by atoms with Crippen LogP contribution in [0.2, 0.25) is 5.82 Å². The molecule has 1 fully saturated rings. The number of hydrogen-bond donors (Lipinski definition) is 0. The fraction of sp³-hybridized carbons (Fsp3) is 1.00. The third-order valence-electron chi connectivity index (χ3n) is 1.39. The van der Waals surface area contributed by atoms with E-state index in [9.17, 15) is 0 Å². The van der Waals surface area contributed by atoms with Crippen LogP contribution in [-0.2, 0) is 0 Å². The van der Waals surface area contributed by atoms with Crippen LogP contribution < -0.4 is 0 Å². The van der Waals surface area contributed by atoms with E-state index >= 15 is 0 Å². The first kappa shape index (κ1) is 3.26. The Kier molecular flexibility index (Phi) is 0.677. The summed E-state index contributed by atoms with van der Waals surface area (Å²) >= 11 is 0. The average Bonchev–Trinajstić information content (AvgIpc) is 1.30. The third kappa shape index (κ3) is 0.471. The quantitative estimate of drug-likeness (QED) is 0.364. The predicted molar refractivity (Wildman–Crippen MR) is 26.1 cm³/mol. The molecule has 0 unspecified atom stereocenters. The summed E-state index contributed by atoms with van der Waals surface area (Å²) in [5, 5.41) is 0. The summed E-state index contributed by atoms with van der Waals surface area (Å²) in [6, 6.07) is 0. The number of rotatable bonds is 0. The molecule has 0 bridgehead atoms. The van der Waals surface area contributed by atoms with E-state index in [1.54, 1.807) is 0 Å². The lowest BCUT2D eigenvalue weighted by Gasteiger charge is -2.19. The maximum Gasteiger partial charge on any atom is 0.105 e. The van der Waals surface area contributed by atoms with Crippen LogP contribution in [0.25, 0.3) is 0 Å². The molecule has 0 nitrogen and oxygen atoms in total. The second-order valence-corrected chi connectivity index (χ2v) is 2.04. The largest absolute Gasteiger partial charge is 0.105 e. The van der Waals surface area contributed by atoms with Crippen LogP contribution in [0.5, 0.6) is 0 Å². The molecule has 1 aliphatic carbocycles. The highest BCUT2D eigenvalue weighted by atomic mass is 14.1. The molecule has 0 N–H and O–H groups in total. The van der Waals surface area contributed by atoms with E-state index in [-0.39, 0.29) is 0 Å². The SMILES string of the molecule is BC1CCC1. The lowest BCUT2D eigenvalue weighted by molar-refractivity contribution is 0.504. The first-order valence-corrected chi connectivity index (χ1v) is 2.39. The van der Waals surface area contributed by atoms with E-state index in [0.717, 1.165) is 5.82 Å². The Labute approximate surface area is 34.0 Å². The lowest BCUT2D eigenvalue weighted by atomic mass is 9.71. The van der Waals surface area contributed by atoms with Crippen LogP contribution in [0.4, 0.5) is 0 Å². The lowest BCUT2D eigenvalue weighted by Crippen LogP contribution is -2.02. The van der Waals surface area contributed by atoms with Crippen molar-refractivity contribution in [3.63, 3.8) is 0 Å². The van der Waals surface area contributed by atoms with E-state index in [0.29, 0.717) is 0 Å². The average molecular weight is 67.9 g/mol. The topological polar surface area (TPSA) is 0 Å². The molecule has 0 aromatic rings. The van der Waals surface area contributed by atoms with Crippen molar-refractivity contribution in [2.45, 2.75) is 25.1 Å². The highest BCUT2D eigenvalue weighted by Crippen LogP contribution is 2.27. The Hall–Kier alpha value is 0.0649. The maximum absolute atomic E-state index is 2.31. The Balaban J connectivity index is 2.08. The van der Waals surface area contributed by atoms with Gasteiger partial charge in [0, 0.05) is 0 Å². The molecule has 0 radical (unpaired) electrons. The summed E-state index contributed by atoms with van der Waals surface area (Å²) in [6.45, 7) is 0. The molecular weight excluding hydrogens is 58.9 g/mol. The Morgan fingerprint density at radius 1 is 1.40 bits per heavy atom. The Bertz CT molecular complexity index is 30.6. The van der Waals surface area contributed by atoms with Crippen molar-refractivity contribution in [3.8, 4) is 0 Å². The molecule has 0 aromatic heterocycles. The molecule has 1 aliphatic rings. The van der Waals surface area contributed by atoms with Crippen molar-refractivity contribution in [3.05, 3.63) is 0 Å². The van der Waals surface area contributed by atoms with Crippen LogP contribution in [-0.4, -0.2) is 7.85 Å². The van der Waals surface area contributed by atoms with E-state index in [4.69, 9.17) is 0 Å². The molecule has 0 aromatic carbocycles.